The summed E-state index contributed by atoms with van der Waals surface area (Å²) in [5.41, 5.74) is 11.8. The number of aliphatic imine (C=N–C) groups is 1. The van der Waals surface area contributed by atoms with Crippen molar-refractivity contribution in [2.75, 3.05) is 0 Å². The fourth-order valence-corrected chi connectivity index (χ4v) is 6.56. The molecule has 8 rings (SSSR count). The lowest BCUT2D eigenvalue weighted by molar-refractivity contribution is 0.794. The van der Waals surface area contributed by atoms with E-state index in [1.165, 1.54) is 49.7 Å². The van der Waals surface area contributed by atoms with Crippen LogP contribution in [0.15, 0.2) is 157 Å². The number of hydrogen-bond donors (Lipinski definition) is 0. The van der Waals surface area contributed by atoms with Gasteiger partial charge in [0.05, 0.1) is 27.8 Å². The lowest BCUT2D eigenvalue weighted by Crippen LogP contribution is -2.31. The molecule has 1 unspecified atom stereocenters. The minimum Gasteiger partial charge on any atom is -0.309 e. The van der Waals surface area contributed by atoms with Crippen LogP contribution in [0.1, 0.15) is 41.7 Å². The van der Waals surface area contributed by atoms with Crippen LogP contribution in [0.2, 0.25) is 0 Å². The van der Waals surface area contributed by atoms with Gasteiger partial charge >= 0.3 is 0 Å². The Morgan fingerprint density at radius 1 is 0.614 bits per heavy atom. The topological polar surface area (TPSA) is 17.3 Å². The molecule has 2 heterocycles. The maximum absolute atomic E-state index is 5.32. The van der Waals surface area contributed by atoms with E-state index in [0.29, 0.717) is 0 Å². The Balaban J connectivity index is 0.000000396. The quantitative estimate of drug-likeness (QED) is 0.201. The molecule has 0 radical (unpaired) electrons. The minimum absolute atomic E-state index is 0.362. The molecule has 1 aromatic heterocycles. The highest BCUT2D eigenvalue weighted by Crippen LogP contribution is 2.49. The van der Waals surface area contributed by atoms with Crippen molar-refractivity contribution >= 4 is 33.2 Å². The Kier molecular flexibility index (Phi) is 7.20. The molecule has 0 aliphatic carbocycles. The smallest absolute Gasteiger partial charge is 0.0686 e. The van der Waals surface area contributed by atoms with Gasteiger partial charge < -0.3 is 4.57 Å². The van der Waals surface area contributed by atoms with Crippen LogP contribution >= 0.6 is 0 Å². The first-order valence-corrected chi connectivity index (χ1v) is 15.5. The van der Waals surface area contributed by atoms with E-state index < -0.39 is 0 Å². The van der Waals surface area contributed by atoms with Crippen molar-refractivity contribution in [2.45, 2.75) is 32.6 Å². The van der Waals surface area contributed by atoms with Crippen molar-refractivity contribution in [1.29, 1.82) is 0 Å². The highest BCUT2D eigenvalue weighted by Gasteiger charge is 2.42. The molecular weight excluding hydrogens is 532 g/mol. The van der Waals surface area contributed by atoms with Crippen molar-refractivity contribution < 1.29 is 0 Å². The summed E-state index contributed by atoms with van der Waals surface area (Å²) in [5, 5.41) is 2.49. The molecule has 1 aliphatic rings. The Labute approximate surface area is 260 Å². The van der Waals surface area contributed by atoms with Crippen LogP contribution in [0, 0.1) is 6.92 Å². The zero-order chi connectivity index (χ0) is 30.1. The summed E-state index contributed by atoms with van der Waals surface area (Å²) in [6, 6.07) is 54.1. The number of para-hydroxylation sites is 1. The second-order valence-electron chi connectivity index (χ2n) is 11.7. The Morgan fingerprint density at radius 3 is 1.86 bits per heavy atom. The van der Waals surface area contributed by atoms with E-state index in [4.69, 9.17) is 4.99 Å². The number of hydrogen-bond acceptors (Lipinski definition) is 1. The van der Waals surface area contributed by atoms with Gasteiger partial charge in [-0.15, -0.1) is 0 Å². The summed E-state index contributed by atoms with van der Waals surface area (Å²) in [7, 11) is 0. The van der Waals surface area contributed by atoms with Crippen molar-refractivity contribution in [3.8, 4) is 5.69 Å². The van der Waals surface area contributed by atoms with Gasteiger partial charge in [-0.1, -0.05) is 134 Å². The molecule has 0 saturated heterocycles. The lowest BCUT2D eigenvalue weighted by Gasteiger charge is -2.29. The van der Waals surface area contributed by atoms with Gasteiger partial charge in [-0.05, 0) is 72.9 Å². The SMILES string of the molecule is CCc1ccc(-n2c3ccccc3c3cc4c(cc32)C(C)(c2ccccc2)C(c2ccccc2)=N4)cc1.Cc1ccccc1. The van der Waals surface area contributed by atoms with E-state index in [9.17, 15) is 0 Å². The molecule has 2 nitrogen and oxygen atoms in total. The van der Waals surface area contributed by atoms with Gasteiger partial charge in [0, 0.05) is 16.5 Å². The molecule has 0 amide bonds. The molecule has 7 aromatic rings. The lowest BCUT2D eigenvalue weighted by atomic mass is 9.71. The zero-order valence-electron chi connectivity index (χ0n) is 25.5. The van der Waals surface area contributed by atoms with E-state index >= 15 is 0 Å². The molecule has 6 aromatic carbocycles. The highest BCUT2D eigenvalue weighted by atomic mass is 15.0. The Morgan fingerprint density at radius 2 is 1.23 bits per heavy atom. The largest absolute Gasteiger partial charge is 0.309 e. The molecule has 44 heavy (non-hydrogen) atoms. The molecule has 0 spiro atoms. The van der Waals surface area contributed by atoms with Crippen molar-refractivity contribution in [3.63, 3.8) is 0 Å². The third-order valence-corrected chi connectivity index (χ3v) is 8.98. The van der Waals surface area contributed by atoms with E-state index in [-0.39, 0.29) is 5.41 Å². The number of aromatic nitrogens is 1. The van der Waals surface area contributed by atoms with E-state index in [1.807, 2.05) is 18.2 Å². The fraction of sp³-hybridized carbons (Fsp3) is 0.119. The molecule has 2 heteroatoms. The third-order valence-electron chi connectivity index (χ3n) is 8.98. The molecule has 0 bridgehead atoms. The summed E-state index contributed by atoms with van der Waals surface area (Å²) in [6.45, 7) is 6.61. The average Bonchev–Trinajstić information content (AvgIpc) is 3.57. The van der Waals surface area contributed by atoms with Gasteiger partial charge in [0.1, 0.15) is 0 Å². The molecular formula is C42H36N2. The number of benzene rings is 6. The monoisotopic (exact) mass is 568 g/mol. The first-order valence-electron chi connectivity index (χ1n) is 15.5. The minimum atomic E-state index is -0.362. The van der Waals surface area contributed by atoms with Crippen LogP contribution in [-0.2, 0) is 11.8 Å². The molecule has 1 aliphatic heterocycles. The molecule has 1 atom stereocenters. The summed E-state index contributed by atoms with van der Waals surface area (Å²) < 4.78 is 2.41. The Bertz CT molecular complexity index is 2090. The van der Waals surface area contributed by atoms with Crippen LogP contribution in [0.25, 0.3) is 27.5 Å². The highest BCUT2D eigenvalue weighted by molar-refractivity contribution is 6.17. The summed E-state index contributed by atoms with van der Waals surface area (Å²) in [4.78, 5) is 5.32. The standard InChI is InChI=1S/C35H28N2.C7H8/c1-3-24-18-20-27(21-19-24)37-32-17-11-10-16-28(32)29-22-31-30(23-33(29)37)35(2,26-14-8-5-9-15-26)34(36-31)25-12-6-4-7-13-25;1-7-5-3-2-4-6-7/h4-23H,3H2,1-2H3;2-6H,1H3. The first kappa shape index (κ1) is 27.6. The molecule has 214 valence electrons. The van der Waals surface area contributed by atoms with Crippen molar-refractivity contribution in [3.05, 3.63) is 179 Å². The Hall–Kier alpha value is -5.21. The van der Waals surface area contributed by atoms with Crippen LogP contribution in [0.4, 0.5) is 5.69 Å². The number of rotatable bonds is 4. The van der Waals surface area contributed by atoms with Crippen LogP contribution in [0.3, 0.4) is 0 Å². The van der Waals surface area contributed by atoms with Crippen LogP contribution in [-0.4, -0.2) is 10.3 Å². The number of nitrogens with zero attached hydrogens (tertiary/aromatic N) is 2. The molecule has 0 saturated carbocycles. The van der Waals surface area contributed by atoms with E-state index in [1.54, 1.807) is 0 Å². The zero-order valence-corrected chi connectivity index (χ0v) is 25.5. The van der Waals surface area contributed by atoms with E-state index in [0.717, 1.165) is 23.4 Å². The predicted octanol–water partition coefficient (Wildman–Crippen LogP) is 10.8. The van der Waals surface area contributed by atoms with Crippen LogP contribution in [0.5, 0.6) is 0 Å². The first-order chi connectivity index (χ1) is 21.6. The molecule has 0 N–H and O–H groups in total. The maximum Gasteiger partial charge on any atom is 0.0686 e. The van der Waals surface area contributed by atoms with Gasteiger partial charge in [0.15, 0.2) is 0 Å². The van der Waals surface area contributed by atoms with Gasteiger partial charge in [-0.3, -0.25) is 4.99 Å². The molecule has 0 fully saturated rings. The normalized spacial score (nSPS) is 15.5. The third kappa shape index (κ3) is 4.73. The maximum atomic E-state index is 5.32. The van der Waals surface area contributed by atoms with E-state index in [2.05, 4.69) is 159 Å². The number of aryl methyl sites for hydroxylation is 2. The summed E-state index contributed by atoms with van der Waals surface area (Å²) in [6.07, 6.45) is 1.04. The van der Waals surface area contributed by atoms with Gasteiger partial charge in [-0.25, -0.2) is 0 Å². The predicted molar refractivity (Wildman–Crippen MR) is 187 cm³/mol. The van der Waals surface area contributed by atoms with Crippen LogP contribution < -0.4 is 0 Å². The second-order valence-corrected chi connectivity index (χ2v) is 11.7. The van der Waals surface area contributed by atoms with Gasteiger partial charge in [0.25, 0.3) is 0 Å². The van der Waals surface area contributed by atoms with Gasteiger partial charge in [-0.2, -0.15) is 0 Å². The summed E-state index contributed by atoms with van der Waals surface area (Å²) in [5.74, 6) is 0. The fourth-order valence-electron chi connectivity index (χ4n) is 6.56. The van der Waals surface area contributed by atoms with Crippen molar-refractivity contribution in [2.24, 2.45) is 4.99 Å². The van der Waals surface area contributed by atoms with Gasteiger partial charge in [0.2, 0.25) is 0 Å². The number of fused-ring (bicyclic) bond motifs is 4. The van der Waals surface area contributed by atoms with Crippen molar-refractivity contribution in [1.82, 2.24) is 4.57 Å². The average molecular weight is 569 g/mol. The second kappa shape index (κ2) is 11.5. The summed E-state index contributed by atoms with van der Waals surface area (Å²) >= 11 is 0.